The molecule has 1 N–H and O–H groups in total. The van der Waals surface area contributed by atoms with Gasteiger partial charge in [0.05, 0.1) is 12.7 Å². The number of nitriles is 1. The van der Waals surface area contributed by atoms with Crippen molar-refractivity contribution in [2.75, 3.05) is 12.4 Å². The van der Waals surface area contributed by atoms with Gasteiger partial charge in [-0.2, -0.15) is 5.26 Å². The third kappa shape index (κ3) is 3.94. The second-order valence-electron chi connectivity index (χ2n) is 5.74. The molecule has 1 amide bonds. The van der Waals surface area contributed by atoms with E-state index in [9.17, 15) is 10.1 Å². The molecule has 0 unspecified atom stereocenters. The van der Waals surface area contributed by atoms with Crippen LogP contribution >= 0.6 is 27.3 Å². The Kier molecular flexibility index (Phi) is 5.57. The molecule has 1 heterocycles. The summed E-state index contributed by atoms with van der Waals surface area (Å²) in [4.78, 5) is 13.5. The van der Waals surface area contributed by atoms with Crippen molar-refractivity contribution in [1.29, 1.82) is 5.26 Å². The third-order valence-electron chi connectivity index (χ3n) is 4.13. The molecular formula is C19H17BrN2O2S. The Labute approximate surface area is 159 Å². The zero-order valence-electron chi connectivity index (χ0n) is 13.8. The van der Waals surface area contributed by atoms with E-state index in [0.29, 0.717) is 16.3 Å². The summed E-state index contributed by atoms with van der Waals surface area (Å²) in [7, 11) is 1.59. The van der Waals surface area contributed by atoms with E-state index in [-0.39, 0.29) is 5.91 Å². The number of nitrogens with one attached hydrogen (secondary N) is 1. The lowest BCUT2D eigenvalue weighted by Gasteiger charge is -2.09. The number of halogens is 1. The topological polar surface area (TPSA) is 62.1 Å². The van der Waals surface area contributed by atoms with Gasteiger partial charge in [-0.05, 0) is 55.5 Å². The van der Waals surface area contributed by atoms with Crippen molar-refractivity contribution in [3.63, 3.8) is 0 Å². The average molecular weight is 417 g/mol. The van der Waals surface area contributed by atoms with Crippen LogP contribution in [0.25, 0.3) is 6.08 Å². The van der Waals surface area contributed by atoms with E-state index in [1.807, 2.05) is 18.2 Å². The normalized spacial score (nSPS) is 13.3. The molecular weight excluding hydrogens is 400 g/mol. The molecule has 1 aliphatic rings. The van der Waals surface area contributed by atoms with Gasteiger partial charge >= 0.3 is 0 Å². The Balaban J connectivity index is 1.79. The van der Waals surface area contributed by atoms with Crippen molar-refractivity contribution in [2.45, 2.75) is 25.7 Å². The zero-order valence-corrected chi connectivity index (χ0v) is 16.2. The predicted octanol–water partition coefficient (Wildman–Crippen LogP) is 4.92. The molecule has 0 fully saturated rings. The minimum absolute atomic E-state index is 0.253. The minimum atomic E-state index is -0.253. The molecule has 0 aliphatic heterocycles. The molecule has 0 saturated carbocycles. The van der Waals surface area contributed by atoms with Crippen molar-refractivity contribution in [3.05, 3.63) is 50.3 Å². The quantitative estimate of drug-likeness (QED) is 0.719. The summed E-state index contributed by atoms with van der Waals surface area (Å²) < 4.78 is 6.21. The third-order valence-corrected chi connectivity index (χ3v) is 5.83. The van der Waals surface area contributed by atoms with Crippen LogP contribution in [0.1, 0.15) is 34.4 Å². The summed E-state index contributed by atoms with van der Waals surface area (Å²) in [6, 6.07) is 7.85. The highest BCUT2D eigenvalue weighted by Crippen LogP contribution is 2.37. The fourth-order valence-electron chi connectivity index (χ4n) is 2.93. The van der Waals surface area contributed by atoms with E-state index >= 15 is 0 Å². The highest BCUT2D eigenvalue weighted by molar-refractivity contribution is 9.10. The van der Waals surface area contributed by atoms with Gasteiger partial charge in [-0.25, -0.2) is 0 Å². The number of hydrogen-bond donors (Lipinski definition) is 1. The van der Waals surface area contributed by atoms with Crippen molar-refractivity contribution in [3.8, 4) is 11.8 Å². The van der Waals surface area contributed by atoms with Crippen LogP contribution in [0.3, 0.4) is 0 Å². The molecule has 128 valence electrons. The molecule has 0 spiro atoms. The van der Waals surface area contributed by atoms with Gasteiger partial charge < -0.3 is 10.1 Å². The molecule has 1 aromatic carbocycles. The number of carbonyl (C=O) groups excluding carboxylic acids is 1. The second kappa shape index (κ2) is 7.85. The Morgan fingerprint density at radius 3 is 2.96 bits per heavy atom. The number of methoxy groups -OCH3 is 1. The zero-order chi connectivity index (χ0) is 17.8. The van der Waals surface area contributed by atoms with Crippen LogP contribution < -0.4 is 10.1 Å². The average Bonchev–Trinajstić information content (AvgIpc) is 2.97. The molecule has 4 nitrogen and oxygen atoms in total. The number of rotatable bonds is 4. The Bertz CT molecular complexity index is 880. The van der Waals surface area contributed by atoms with E-state index < -0.39 is 0 Å². The van der Waals surface area contributed by atoms with E-state index in [1.54, 1.807) is 13.2 Å². The highest BCUT2D eigenvalue weighted by Gasteiger charge is 2.21. The van der Waals surface area contributed by atoms with Gasteiger partial charge in [-0.1, -0.05) is 15.9 Å². The molecule has 0 atom stereocenters. The van der Waals surface area contributed by atoms with Gasteiger partial charge in [0.25, 0.3) is 0 Å². The summed E-state index contributed by atoms with van der Waals surface area (Å²) in [6.45, 7) is 0. The van der Waals surface area contributed by atoms with Gasteiger partial charge in [0.1, 0.15) is 16.8 Å². The summed E-state index contributed by atoms with van der Waals surface area (Å²) in [5, 5.41) is 13.0. The highest BCUT2D eigenvalue weighted by atomic mass is 79.9. The standard InChI is InChI=1S/C19H17BrN2O2S/c1-24-16-8-7-13(20)10-12(16)6-9-18(23)22-19-15(11-21)14-4-2-3-5-17(14)25-19/h6-10H,2-5H2,1H3,(H,22,23)/b9-6+. The molecule has 0 radical (unpaired) electrons. The second-order valence-corrected chi connectivity index (χ2v) is 7.76. The maximum absolute atomic E-state index is 12.3. The van der Waals surface area contributed by atoms with E-state index in [1.165, 1.54) is 22.3 Å². The molecule has 2 aromatic rings. The summed E-state index contributed by atoms with van der Waals surface area (Å²) >= 11 is 4.94. The summed E-state index contributed by atoms with van der Waals surface area (Å²) in [5.41, 5.74) is 2.55. The molecule has 1 aromatic heterocycles. The van der Waals surface area contributed by atoms with E-state index in [0.717, 1.165) is 41.3 Å². The van der Waals surface area contributed by atoms with Gasteiger partial charge in [0.2, 0.25) is 5.91 Å². The van der Waals surface area contributed by atoms with Crippen LogP contribution in [0, 0.1) is 11.3 Å². The van der Waals surface area contributed by atoms with Gasteiger partial charge in [0.15, 0.2) is 0 Å². The first-order chi connectivity index (χ1) is 12.1. The number of fused-ring (bicyclic) bond motifs is 1. The molecule has 25 heavy (non-hydrogen) atoms. The fraction of sp³-hybridized carbons (Fsp3) is 0.263. The first-order valence-electron chi connectivity index (χ1n) is 7.99. The van der Waals surface area contributed by atoms with Crippen LogP contribution in [0.2, 0.25) is 0 Å². The van der Waals surface area contributed by atoms with Crippen molar-refractivity contribution < 1.29 is 9.53 Å². The number of anilines is 1. The van der Waals surface area contributed by atoms with Gasteiger partial charge in [0, 0.05) is 21.0 Å². The van der Waals surface area contributed by atoms with Crippen molar-refractivity contribution in [2.24, 2.45) is 0 Å². The van der Waals surface area contributed by atoms with E-state index in [2.05, 4.69) is 27.3 Å². The summed E-state index contributed by atoms with van der Waals surface area (Å²) in [6.07, 6.45) is 7.34. The number of amides is 1. The Hall–Kier alpha value is -2.10. The first kappa shape index (κ1) is 17.7. The van der Waals surface area contributed by atoms with Crippen LogP contribution in [-0.2, 0) is 17.6 Å². The van der Waals surface area contributed by atoms with Crippen LogP contribution in [0.4, 0.5) is 5.00 Å². The van der Waals surface area contributed by atoms with Gasteiger partial charge in [-0.3, -0.25) is 4.79 Å². The number of nitrogens with zero attached hydrogens (tertiary/aromatic N) is 1. The lowest BCUT2D eigenvalue weighted by atomic mass is 9.96. The lowest BCUT2D eigenvalue weighted by molar-refractivity contribution is -0.111. The molecule has 0 saturated heterocycles. The largest absolute Gasteiger partial charge is 0.496 e. The monoisotopic (exact) mass is 416 g/mol. The SMILES string of the molecule is COc1ccc(Br)cc1/C=C/C(=O)Nc1sc2c(c1C#N)CCCC2. The number of ether oxygens (including phenoxy) is 1. The number of thiophene rings is 1. The molecule has 1 aliphatic carbocycles. The smallest absolute Gasteiger partial charge is 0.249 e. The Morgan fingerprint density at radius 1 is 1.40 bits per heavy atom. The van der Waals surface area contributed by atoms with Crippen LogP contribution in [0.15, 0.2) is 28.7 Å². The Morgan fingerprint density at radius 2 is 2.20 bits per heavy atom. The predicted molar refractivity (Wildman–Crippen MR) is 104 cm³/mol. The van der Waals surface area contributed by atoms with Crippen LogP contribution in [-0.4, -0.2) is 13.0 Å². The maximum atomic E-state index is 12.3. The number of aryl methyl sites for hydroxylation is 1. The molecule has 6 heteroatoms. The van der Waals surface area contributed by atoms with E-state index in [4.69, 9.17) is 4.74 Å². The number of carbonyl (C=O) groups is 1. The minimum Gasteiger partial charge on any atom is -0.496 e. The number of hydrogen-bond acceptors (Lipinski definition) is 4. The number of benzene rings is 1. The summed E-state index contributed by atoms with van der Waals surface area (Å²) in [5.74, 6) is 0.439. The van der Waals surface area contributed by atoms with Gasteiger partial charge in [-0.15, -0.1) is 11.3 Å². The molecule has 0 bridgehead atoms. The lowest BCUT2D eigenvalue weighted by Crippen LogP contribution is -2.08. The fourth-order valence-corrected chi connectivity index (χ4v) is 4.55. The van der Waals surface area contributed by atoms with Crippen molar-refractivity contribution >= 4 is 44.3 Å². The first-order valence-corrected chi connectivity index (χ1v) is 9.60. The maximum Gasteiger partial charge on any atom is 0.249 e. The van der Waals surface area contributed by atoms with Crippen LogP contribution in [0.5, 0.6) is 5.75 Å². The van der Waals surface area contributed by atoms with Crippen molar-refractivity contribution in [1.82, 2.24) is 0 Å². The molecule has 3 rings (SSSR count).